The van der Waals surface area contributed by atoms with E-state index in [9.17, 15) is 4.79 Å². The standard InChI is InChI=1S/C24H23N3O3S/c1-16(23(28)25-15-18-9-7-13-30-18)31-24-21(14-17-8-3-6-12-22(17)29-2)26-19-10-4-5-11-20(19)27-24/h3-13,16H,14-15H2,1-2H3,(H,25,28)/t16-/m1/s1. The van der Waals surface area contributed by atoms with Crippen LogP contribution >= 0.6 is 11.8 Å². The van der Waals surface area contributed by atoms with Crippen LogP contribution in [0.2, 0.25) is 0 Å². The van der Waals surface area contributed by atoms with E-state index in [4.69, 9.17) is 19.1 Å². The number of carbonyl (C=O) groups is 1. The van der Waals surface area contributed by atoms with Crippen molar-refractivity contribution in [3.8, 4) is 5.75 Å². The van der Waals surface area contributed by atoms with Gasteiger partial charge in [-0.25, -0.2) is 9.97 Å². The minimum absolute atomic E-state index is 0.0837. The van der Waals surface area contributed by atoms with Crippen molar-refractivity contribution < 1.29 is 13.9 Å². The molecule has 1 atom stereocenters. The summed E-state index contributed by atoms with van der Waals surface area (Å²) in [6.07, 6.45) is 2.15. The fraction of sp³-hybridized carbons (Fsp3) is 0.208. The number of aromatic nitrogens is 2. The minimum Gasteiger partial charge on any atom is -0.496 e. The topological polar surface area (TPSA) is 77.2 Å². The Kier molecular flexibility index (Phi) is 6.52. The summed E-state index contributed by atoms with van der Waals surface area (Å²) in [5.41, 5.74) is 3.47. The van der Waals surface area contributed by atoms with E-state index in [-0.39, 0.29) is 11.2 Å². The Bertz CT molecular complexity index is 1180. The second-order valence-corrected chi connectivity index (χ2v) is 8.34. The van der Waals surface area contributed by atoms with Crippen molar-refractivity contribution in [2.75, 3.05) is 7.11 Å². The van der Waals surface area contributed by atoms with Crippen LogP contribution in [0.1, 0.15) is 23.9 Å². The second-order valence-electron chi connectivity index (χ2n) is 7.01. The number of hydrogen-bond donors (Lipinski definition) is 1. The molecule has 1 amide bonds. The van der Waals surface area contributed by atoms with Gasteiger partial charge < -0.3 is 14.5 Å². The van der Waals surface area contributed by atoms with Crippen LogP contribution in [-0.2, 0) is 17.8 Å². The van der Waals surface area contributed by atoms with Gasteiger partial charge in [0.2, 0.25) is 5.91 Å². The van der Waals surface area contributed by atoms with Gasteiger partial charge in [-0.15, -0.1) is 0 Å². The Labute approximate surface area is 185 Å². The molecule has 7 heteroatoms. The molecular weight excluding hydrogens is 410 g/mol. The van der Waals surface area contributed by atoms with Gasteiger partial charge in [0, 0.05) is 12.0 Å². The van der Waals surface area contributed by atoms with Crippen molar-refractivity contribution in [2.45, 2.75) is 30.2 Å². The van der Waals surface area contributed by atoms with Crippen molar-refractivity contribution in [2.24, 2.45) is 0 Å². The molecule has 4 rings (SSSR count). The maximum absolute atomic E-state index is 12.6. The second kappa shape index (κ2) is 9.66. The molecule has 2 aromatic carbocycles. The Morgan fingerprint density at radius 3 is 2.55 bits per heavy atom. The molecule has 0 saturated carbocycles. The fourth-order valence-electron chi connectivity index (χ4n) is 3.21. The number of thioether (sulfide) groups is 1. The van der Waals surface area contributed by atoms with Crippen LogP contribution in [0, 0.1) is 0 Å². The number of furan rings is 1. The van der Waals surface area contributed by atoms with Gasteiger partial charge in [-0.1, -0.05) is 42.1 Å². The van der Waals surface area contributed by atoms with E-state index in [1.54, 1.807) is 19.4 Å². The molecule has 2 heterocycles. The van der Waals surface area contributed by atoms with E-state index in [1.165, 1.54) is 11.8 Å². The van der Waals surface area contributed by atoms with E-state index in [2.05, 4.69) is 5.32 Å². The molecule has 0 fully saturated rings. The third kappa shape index (κ3) is 5.06. The monoisotopic (exact) mass is 433 g/mol. The highest BCUT2D eigenvalue weighted by Gasteiger charge is 2.20. The summed E-state index contributed by atoms with van der Waals surface area (Å²) < 4.78 is 10.8. The summed E-state index contributed by atoms with van der Waals surface area (Å²) in [4.78, 5) is 22.3. The van der Waals surface area contributed by atoms with Gasteiger partial charge in [0.25, 0.3) is 0 Å². The molecule has 158 valence electrons. The number of hydrogen-bond acceptors (Lipinski definition) is 6. The van der Waals surface area contributed by atoms with E-state index < -0.39 is 0 Å². The van der Waals surface area contributed by atoms with Crippen LogP contribution in [0.15, 0.2) is 76.4 Å². The van der Waals surface area contributed by atoms with Crippen LogP contribution in [0.3, 0.4) is 0 Å². The number of nitrogens with zero attached hydrogens (tertiary/aromatic N) is 2. The van der Waals surface area contributed by atoms with Gasteiger partial charge in [0.15, 0.2) is 0 Å². The first-order chi connectivity index (χ1) is 15.1. The van der Waals surface area contributed by atoms with Crippen molar-refractivity contribution in [3.05, 3.63) is 83.9 Å². The van der Waals surface area contributed by atoms with Gasteiger partial charge in [0.1, 0.15) is 16.5 Å². The summed E-state index contributed by atoms with van der Waals surface area (Å²) >= 11 is 1.41. The number of nitrogens with one attached hydrogen (secondary N) is 1. The first-order valence-corrected chi connectivity index (χ1v) is 10.9. The lowest BCUT2D eigenvalue weighted by Gasteiger charge is -2.15. The predicted molar refractivity (Wildman–Crippen MR) is 121 cm³/mol. The maximum atomic E-state index is 12.6. The Balaban J connectivity index is 1.59. The Morgan fingerprint density at radius 2 is 1.81 bits per heavy atom. The normalized spacial score (nSPS) is 11.9. The minimum atomic E-state index is -0.346. The molecule has 0 aliphatic carbocycles. The number of methoxy groups -OCH3 is 1. The zero-order chi connectivity index (χ0) is 21.6. The number of benzene rings is 2. The molecule has 0 spiro atoms. The third-order valence-corrected chi connectivity index (χ3v) is 5.95. The van der Waals surface area contributed by atoms with Crippen LogP contribution in [0.5, 0.6) is 5.75 Å². The summed E-state index contributed by atoms with van der Waals surface area (Å²) in [5, 5.41) is 3.30. The van der Waals surface area contributed by atoms with Crippen molar-refractivity contribution in [1.82, 2.24) is 15.3 Å². The smallest absolute Gasteiger partial charge is 0.233 e. The lowest BCUT2D eigenvalue weighted by Crippen LogP contribution is -2.30. The molecule has 1 N–H and O–H groups in total. The van der Waals surface area contributed by atoms with Gasteiger partial charge >= 0.3 is 0 Å². The Hall–Kier alpha value is -3.32. The molecule has 0 bridgehead atoms. The van der Waals surface area contributed by atoms with Gasteiger partial charge in [-0.3, -0.25) is 4.79 Å². The molecule has 31 heavy (non-hydrogen) atoms. The van der Waals surface area contributed by atoms with E-state index in [0.29, 0.717) is 18.7 Å². The zero-order valence-electron chi connectivity index (χ0n) is 17.4. The average Bonchev–Trinajstić information content (AvgIpc) is 3.32. The number of fused-ring (bicyclic) bond motifs is 1. The quantitative estimate of drug-likeness (QED) is 0.409. The summed E-state index contributed by atoms with van der Waals surface area (Å²) in [6.45, 7) is 2.22. The number of para-hydroxylation sites is 3. The number of ether oxygens (including phenoxy) is 1. The van der Waals surface area contributed by atoms with E-state index >= 15 is 0 Å². The van der Waals surface area contributed by atoms with Gasteiger partial charge in [0.05, 0.1) is 41.9 Å². The lowest BCUT2D eigenvalue weighted by atomic mass is 10.1. The molecule has 6 nitrogen and oxygen atoms in total. The van der Waals surface area contributed by atoms with Crippen molar-refractivity contribution in [3.63, 3.8) is 0 Å². The van der Waals surface area contributed by atoms with Crippen molar-refractivity contribution in [1.29, 1.82) is 0 Å². The van der Waals surface area contributed by atoms with Crippen LogP contribution < -0.4 is 10.1 Å². The SMILES string of the molecule is COc1ccccc1Cc1nc2ccccc2nc1S[C@H](C)C(=O)NCc1ccco1. The molecule has 4 aromatic rings. The van der Waals surface area contributed by atoms with Gasteiger partial charge in [-0.05, 0) is 37.3 Å². The number of rotatable bonds is 8. The largest absolute Gasteiger partial charge is 0.496 e. The molecule has 0 unspecified atom stereocenters. The van der Waals surface area contributed by atoms with Crippen LogP contribution in [0.4, 0.5) is 0 Å². The highest BCUT2D eigenvalue weighted by atomic mass is 32.2. The molecule has 2 aromatic heterocycles. The molecule has 0 aliphatic rings. The predicted octanol–water partition coefficient (Wildman–Crippen LogP) is 4.62. The van der Waals surface area contributed by atoms with E-state index in [0.717, 1.165) is 33.1 Å². The summed E-state index contributed by atoms with van der Waals surface area (Å²) in [5.74, 6) is 1.44. The fourth-order valence-corrected chi connectivity index (χ4v) is 4.14. The van der Waals surface area contributed by atoms with Crippen molar-refractivity contribution >= 4 is 28.7 Å². The summed E-state index contributed by atoms with van der Waals surface area (Å²) in [7, 11) is 1.66. The van der Waals surface area contributed by atoms with Crippen LogP contribution in [0.25, 0.3) is 11.0 Å². The lowest BCUT2D eigenvalue weighted by molar-refractivity contribution is -0.120. The first-order valence-electron chi connectivity index (χ1n) is 9.98. The molecular formula is C24H23N3O3S. The summed E-state index contributed by atoms with van der Waals surface area (Å²) in [6, 6.07) is 19.3. The third-order valence-electron chi connectivity index (χ3n) is 4.83. The first kappa shape index (κ1) is 20.9. The molecule has 0 aliphatic heterocycles. The number of amides is 1. The highest BCUT2D eigenvalue weighted by molar-refractivity contribution is 8.00. The average molecular weight is 434 g/mol. The van der Waals surface area contributed by atoms with E-state index in [1.807, 2.05) is 61.5 Å². The number of carbonyl (C=O) groups excluding carboxylic acids is 1. The molecule has 0 radical (unpaired) electrons. The van der Waals surface area contributed by atoms with Gasteiger partial charge in [-0.2, -0.15) is 0 Å². The zero-order valence-corrected chi connectivity index (χ0v) is 18.2. The van der Waals surface area contributed by atoms with Crippen LogP contribution in [-0.4, -0.2) is 28.2 Å². The maximum Gasteiger partial charge on any atom is 0.233 e. The Morgan fingerprint density at radius 1 is 1.06 bits per heavy atom. The molecule has 0 saturated heterocycles. The highest BCUT2D eigenvalue weighted by Crippen LogP contribution is 2.30.